The maximum absolute atomic E-state index is 13.0. The second-order valence-corrected chi connectivity index (χ2v) is 7.70. The molecule has 0 saturated heterocycles. The van der Waals surface area contributed by atoms with Gasteiger partial charge in [-0.05, 0) is 37.1 Å². The number of carbonyl (C=O) groups is 3. The minimum atomic E-state index is -0.546. The highest BCUT2D eigenvalue weighted by Gasteiger charge is 2.31. The van der Waals surface area contributed by atoms with Gasteiger partial charge >= 0.3 is 12.1 Å². The Morgan fingerprint density at radius 3 is 2.58 bits per heavy atom. The fourth-order valence-electron chi connectivity index (χ4n) is 3.34. The maximum Gasteiger partial charge on any atom is 0.410 e. The van der Waals surface area contributed by atoms with Crippen LogP contribution in [-0.4, -0.2) is 57.4 Å². The van der Waals surface area contributed by atoms with Crippen LogP contribution in [0.2, 0.25) is 0 Å². The number of nitrogens with one attached hydrogen (secondary N) is 1. The highest BCUT2D eigenvalue weighted by molar-refractivity contribution is 7.17. The van der Waals surface area contributed by atoms with Crippen molar-refractivity contribution in [2.24, 2.45) is 0 Å². The Balaban J connectivity index is 1.94. The fraction of sp³-hybridized carbons (Fsp3) is 0.381. The largest absolute Gasteiger partial charge is 0.497 e. The van der Waals surface area contributed by atoms with E-state index in [2.05, 4.69) is 5.32 Å². The summed E-state index contributed by atoms with van der Waals surface area (Å²) in [5.41, 5.74) is 1.34. The lowest BCUT2D eigenvalue weighted by molar-refractivity contribution is 0.0600. The molecular formula is C21H24N2O7S. The number of esters is 1. The smallest absolute Gasteiger partial charge is 0.410 e. The first-order chi connectivity index (χ1) is 14.9. The second kappa shape index (κ2) is 9.69. The third kappa shape index (κ3) is 4.58. The first kappa shape index (κ1) is 22.4. The molecule has 1 aromatic carbocycles. The van der Waals surface area contributed by atoms with Crippen LogP contribution in [0.15, 0.2) is 18.2 Å². The van der Waals surface area contributed by atoms with Crippen LogP contribution in [0.4, 0.5) is 9.80 Å². The van der Waals surface area contributed by atoms with Crippen molar-refractivity contribution in [2.75, 3.05) is 39.8 Å². The standard InChI is InChI=1S/C21H24N2O7S/c1-5-30-21(26)23-9-8-13-16(11-23)31-19(17(13)20(25)29-4)22-18(24)14-10-12(27-2)6-7-15(14)28-3/h6-7,10H,5,8-9,11H2,1-4H3,(H,22,24). The van der Waals surface area contributed by atoms with Gasteiger partial charge in [-0.15, -0.1) is 11.3 Å². The number of thiophene rings is 1. The second-order valence-electron chi connectivity index (χ2n) is 6.59. The van der Waals surface area contributed by atoms with Crippen molar-refractivity contribution in [1.29, 1.82) is 0 Å². The van der Waals surface area contributed by atoms with E-state index in [1.807, 2.05) is 0 Å². The van der Waals surface area contributed by atoms with E-state index in [-0.39, 0.29) is 12.2 Å². The molecule has 2 amide bonds. The van der Waals surface area contributed by atoms with Crippen LogP contribution in [-0.2, 0) is 22.4 Å². The zero-order valence-corrected chi connectivity index (χ0v) is 18.6. The summed E-state index contributed by atoms with van der Waals surface area (Å²) in [4.78, 5) is 40.0. The Hall–Kier alpha value is -3.27. The predicted molar refractivity (Wildman–Crippen MR) is 114 cm³/mol. The fourth-order valence-corrected chi connectivity index (χ4v) is 4.59. The van der Waals surface area contributed by atoms with E-state index in [4.69, 9.17) is 18.9 Å². The number of amides is 2. The number of anilines is 1. The maximum atomic E-state index is 13.0. The molecule has 0 bridgehead atoms. The average molecular weight is 448 g/mol. The van der Waals surface area contributed by atoms with E-state index in [0.29, 0.717) is 41.6 Å². The molecule has 9 nitrogen and oxygen atoms in total. The molecular weight excluding hydrogens is 424 g/mol. The first-order valence-electron chi connectivity index (χ1n) is 9.61. The average Bonchev–Trinajstić information content (AvgIpc) is 3.14. The molecule has 2 heterocycles. The van der Waals surface area contributed by atoms with Gasteiger partial charge in [0, 0.05) is 11.4 Å². The van der Waals surface area contributed by atoms with Crippen molar-refractivity contribution < 1.29 is 33.3 Å². The predicted octanol–water partition coefficient (Wildman–Crippen LogP) is 3.32. The van der Waals surface area contributed by atoms with Crippen LogP contribution >= 0.6 is 11.3 Å². The van der Waals surface area contributed by atoms with Crippen molar-refractivity contribution in [3.05, 3.63) is 39.8 Å². The van der Waals surface area contributed by atoms with E-state index in [0.717, 1.165) is 10.4 Å². The molecule has 2 aromatic rings. The van der Waals surface area contributed by atoms with Gasteiger partial charge in [-0.1, -0.05) is 0 Å². The molecule has 31 heavy (non-hydrogen) atoms. The molecule has 0 atom stereocenters. The molecule has 10 heteroatoms. The molecule has 1 N–H and O–H groups in total. The van der Waals surface area contributed by atoms with Crippen LogP contribution in [0.1, 0.15) is 38.1 Å². The summed E-state index contributed by atoms with van der Waals surface area (Å²) in [7, 11) is 4.25. The lowest BCUT2D eigenvalue weighted by Crippen LogP contribution is -2.36. The topological polar surface area (TPSA) is 103 Å². The van der Waals surface area contributed by atoms with Crippen LogP contribution in [0, 0.1) is 0 Å². The SMILES string of the molecule is CCOC(=O)N1CCc2c(sc(NC(=O)c3cc(OC)ccc3OC)c2C(=O)OC)C1. The summed E-state index contributed by atoms with van der Waals surface area (Å²) in [5, 5.41) is 3.16. The quantitative estimate of drug-likeness (QED) is 0.676. The summed E-state index contributed by atoms with van der Waals surface area (Å²) in [6.45, 7) is 2.73. The van der Waals surface area contributed by atoms with Crippen LogP contribution in [0.25, 0.3) is 0 Å². The highest BCUT2D eigenvalue weighted by Crippen LogP contribution is 2.38. The number of fused-ring (bicyclic) bond motifs is 1. The van der Waals surface area contributed by atoms with Gasteiger partial charge in [0.2, 0.25) is 0 Å². The molecule has 0 fully saturated rings. The zero-order chi connectivity index (χ0) is 22.5. The Bertz CT molecular complexity index is 1000. The Morgan fingerprint density at radius 2 is 1.94 bits per heavy atom. The molecule has 0 saturated carbocycles. The van der Waals surface area contributed by atoms with E-state index < -0.39 is 18.0 Å². The van der Waals surface area contributed by atoms with E-state index in [1.54, 1.807) is 30.0 Å². The number of nitrogens with zero attached hydrogens (tertiary/aromatic N) is 1. The third-order valence-corrected chi connectivity index (χ3v) is 5.98. The van der Waals surface area contributed by atoms with E-state index >= 15 is 0 Å². The van der Waals surface area contributed by atoms with Crippen LogP contribution in [0.5, 0.6) is 11.5 Å². The molecule has 0 unspecified atom stereocenters. The monoisotopic (exact) mass is 448 g/mol. The minimum Gasteiger partial charge on any atom is -0.497 e. The van der Waals surface area contributed by atoms with E-state index in [1.165, 1.54) is 32.7 Å². The normalized spacial score (nSPS) is 12.6. The number of hydrogen-bond acceptors (Lipinski definition) is 8. The number of carbonyl (C=O) groups excluding carboxylic acids is 3. The number of rotatable bonds is 6. The van der Waals surface area contributed by atoms with Gasteiger partial charge in [0.25, 0.3) is 5.91 Å². The minimum absolute atomic E-state index is 0.261. The van der Waals surface area contributed by atoms with Crippen molar-refractivity contribution in [3.8, 4) is 11.5 Å². The summed E-state index contributed by atoms with van der Waals surface area (Å²) < 4.78 is 20.5. The van der Waals surface area contributed by atoms with Gasteiger partial charge in [-0.25, -0.2) is 9.59 Å². The van der Waals surface area contributed by atoms with Crippen molar-refractivity contribution in [1.82, 2.24) is 4.90 Å². The molecule has 0 radical (unpaired) electrons. The molecule has 0 spiro atoms. The van der Waals surface area contributed by atoms with Gasteiger partial charge < -0.3 is 29.2 Å². The van der Waals surface area contributed by atoms with Crippen molar-refractivity contribution in [3.63, 3.8) is 0 Å². The first-order valence-corrected chi connectivity index (χ1v) is 10.4. The van der Waals surface area contributed by atoms with Gasteiger partial charge in [-0.2, -0.15) is 0 Å². The summed E-state index contributed by atoms with van der Waals surface area (Å²) >= 11 is 1.24. The van der Waals surface area contributed by atoms with Gasteiger partial charge in [0.05, 0.1) is 45.6 Å². The molecule has 0 aliphatic carbocycles. The zero-order valence-electron chi connectivity index (χ0n) is 17.8. The van der Waals surface area contributed by atoms with Gasteiger partial charge in [-0.3, -0.25) is 4.79 Å². The summed E-state index contributed by atoms with van der Waals surface area (Å²) in [5.74, 6) is -0.140. The number of ether oxygens (including phenoxy) is 4. The van der Waals surface area contributed by atoms with Gasteiger partial charge in [0.1, 0.15) is 16.5 Å². The van der Waals surface area contributed by atoms with E-state index in [9.17, 15) is 14.4 Å². The van der Waals surface area contributed by atoms with Crippen LogP contribution < -0.4 is 14.8 Å². The molecule has 166 valence electrons. The van der Waals surface area contributed by atoms with Crippen molar-refractivity contribution >= 4 is 34.3 Å². The lowest BCUT2D eigenvalue weighted by Gasteiger charge is -2.26. The Morgan fingerprint density at radius 1 is 1.16 bits per heavy atom. The Kier molecular flexibility index (Phi) is 7.01. The molecule has 3 rings (SSSR count). The number of methoxy groups -OCH3 is 3. The highest BCUT2D eigenvalue weighted by atomic mass is 32.1. The summed E-state index contributed by atoms with van der Waals surface area (Å²) in [6.07, 6.45) is 0.0424. The number of hydrogen-bond donors (Lipinski definition) is 1. The van der Waals surface area contributed by atoms with Crippen molar-refractivity contribution in [2.45, 2.75) is 19.9 Å². The molecule has 1 aliphatic rings. The Labute approximate surface area is 183 Å². The number of benzene rings is 1. The van der Waals surface area contributed by atoms with Gasteiger partial charge in [0.15, 0.2) is 0 Å². The molecule has 1 aromatic heterocycles. The third-order valence-electron chi connectivity index (χ3n) is 4.85. The lowest BCUT2D eigenvalue weighted by atomic mass is 10.0. The van der Waals surface area contributed by atoms with Crippen LogP contribution in [0.3, 0.4) is 0 Å². The molecule has 1 aliphatic heterocycles. The summed E-state index contributed by atoms with van der Waals surface area (Å²) in [6, 6.07) is 4.87.